The average molecular weight is 420 g/mol. The van der Waals surface area contributed by atoms with Crippen molar-refractivity contribution in [3.8, 4) is 0 Å². The second-order valence-corrected chi connectivity index (χ2v) is 8.66. The van der Waals surface area contributed by atoms with Gasteiger partial charge >= 0.3 is 0 Å². The zero-order chi connectivity index (χ0) is 18.6. The van der Waals surface area contributed by atoms with Crippen molar-refractivity contribution in [3.63, 3.8) is 0 Å². The maximum absolute atomic E-state index is 12.7. The van der Waals surface area contributed by atoms with Gasteiger partial charge in [-0.05, 0) is 59.9 Å². The van der Waals surface area contributed by atoms with Crippen LogP contribution in [0.1, 0.15) is 30.4 Å². The molecule has 2 heterocycles. The second-order valence-electron chi connectivity index (χ2n) is 7.91. The number of amides is 1. The number of nitrogens with one attached hydrogen (secondary N) is 1. The molecule has 2 aromatic rings. The third-order valence-electron chi connectivity index (χ3n) is 6.20. The molecule has 3 unspecified atom stereocenters. The number of likely N-dealkylation sites (tertiary alicyclic amines) is 1. The number of aliphatic hydroxyl groups is 1. The molecule has 1 fully saturated rings. The van der Waals surface area contributed by atoms with E-state index in [-0.39, 0.29) is 24.5 Å². The van der Waals surface area contributed by atoms with Crippen LogP contribution in [0, 0.1) is 5.92 Å². The summed E-state index contributed by atoms with van der Waals surface area (Å²) in [5, 5.41) is 13.5. The highest BCUT2D eigenvalue weighted by atomic mass is 79.9. The number of hydrogen-bond acceptors (Lipinski definition) is 3. The van der Waals surface area contributed by atoms with Crippen molar-refractivity contribution >= 4 is 32.7 Å². The summed E-state index contributed by atoms with van der Waals surface area (Å²) in [4.78, 5) is 15.0. The predicted molar refractivity (Wildman–Crippen MR) is 106 cm³/mol. The summed E-state index contributed by atoms with van der Waals surface area (Å²) in [5.41, 5.74) is 4.02. The highest BCUT2D eigenvalue weighted by Crippen LogP contribution is 2.47. The maximum Gasteiger partial charge on any atom is 0.224 e. The van der Waals surface area contributed by atoms with Gasteiger partial charge in [0.1, 0.15) is 0 Å². The smallest absolute Gasteiger partial charge is 0.224 e. The molecule has 6 heteroatoms. The Labute approximate surface area is 162 Å². The van der Waals surface area contributed by atoms with E-state index in [2.05, 4.69) is 63.0 Å². The highest BCUT2D eigenvalue weighted by molar-refractivity contribution is 9.10. The first-order valence-electron chi connectivity index (χ1n) is 9.29. The first kappa shape index (κ1) is 18.0. The topological polar surface area (TPSA) is 57.5 Å². The number of aryl methyl sites for hydroxylation is 1. The first-order chi connectivity index (χ1) is 12.4. The van der Waals surface area contributed by atoms with Gasteiger partial charge in [0, 0.05) is 42.5 Å². The molecule has 5 nitrogen and oxygen atoms in total. The van der Waals surface area contributed by atoms with Gasteiger partial charge in [-0.25, -0.2) is 0 Å². The van der Waals surface area contributed by atoms with Crippen LogP contribution in [0.5, 0.6) is 0 Å². The lowest BCUT2D eigenvalue weighted by Crippen LogP contribution is -2.52. The zero-order valence-corrected chi connectivity index (χ0v) is 17.1. The molecule has 1 aliphatic carbocycles. The molecule has 0 bridgehead atoms. The predicted octanol–water partition coefficient (Wildman–Crippen LogP) is 2.40. The summed E-state index contributed by atoms with van der Waals surface area (Å²) in [6.45, 7) is 2.57. The third-order valence-corrected chi connectivity index (χ3v) is 7.22. The fourth-order valence-electron chi connectivity index (χ4n) is 4.84. The number of nitrogens with zero attached hydrogens (tertiary/aromatic N) is 2. The number of carbonyl (C=O) groups is 1. The number of hydrogen-bond donors (Lipinski definition) is 2. The Kier molecular flexibility index (Phi) is 4.61. The van der Waals surface area contributed by atoms with Crippen molar-refractivity contribution in [2.75, 3.05) is 20.2 Å². The second kappa shape index (κ2) is 6.66. The van der Waals surface area contributed by atoms with E-state index in [1.54, 1.807) is 0 Å². The Hall–Kier alpha value is -1.37. The number of carbonyl (C=O) groups excluding carboxylic acids is 1. The molecule has 1 aromatic carbocycles. The Balaban J connectivity index is 1.71. The van der Waals surface area contributed by atoms with E-state index in [1.165, 1.54) is 26.6 Å². The van der Waals surface area contributed by atoms with Crippen molar-refractivity contribution in [2.24, 2.45) is 13.0 Å². The summed E-state index contributed by atoms with van der Waals surface area (Å²) in [6, 6.07) is 6.77. The molecule has 26 heavy (non-hydrogen) atoms. The lowest BCUT2D eigenvalue weighted by molar-refractivity contribution is -0.128. The quantitative estimate of drug-likeness (QED) is 0.802. The molecule has 0 spiro atoms. The van der Waals surface area contributed by atoms with Crippen molar-refractivity contribution in [2.45, 2.75) is 37.8 Å². The number of piperidine rings is 1. The molecule has 1 aliphatic heterocycles. The van der Waals surface area contributed by atoms with Gasteiger partial charge in [0.25, 0.3) is 0 Å². The molecule has 2 N–H and O–H groups in total. The Morgan fingerprint density at radius 1 is 1.42 bits per heavy atom. The maximum atomic E-state index is 12.7. The van der Waals surface area contributed by atoms with E-state index in [0.717, 1.165) is 19.4 Å². The van der Waals surface area contributed by atoms with Crippen LogP contribution in [0.25, 0.3) is 10.9 Å². The largest absolute Gasteiger partial charge is 0.394 e. The van der Waals surface area contributed by atoms with E-state index in [1.807, 2.05) is 6.92 Å². The highest BCUT2D eigenvalue weighted by Gasteiger charge is 2.42. The van der Waals surface area contributed by atoms with Crippen LogP contribution >= 0.6 is 15.9 Å². The third kappa shape index (κ3) is 2.70. The summed E-state index contributed by atoms with van der Waals surface area (Å²) in [6.07, 6.45) is 1.88. The molecule has 0 radical (unpaired) electrons. The van der Waals surface area contributed by atoms with Gasteiger partial charge in [-0.2, -0.15) is 0 Å². The first-order valence-corrected chi connectivity index (χ1v) is 10.1. The molecule has 140 valence electrons. The van der Waals surface area contributed by atoms with Gasteiger partial charge in [0.15, 0.2) is 0 Å². The van der Waals surface area contributed by atoms with Crippen LogP contribution in [0.4, 0.5) is 0 Å². The molecule has 4 atom stereocenters. The molecule has 4 rings (SSSR count). The van der Waals surface area contributed by atoms with Crippen LogP contribution in [-0.4, -0.2) is 52.8 Å². The molecular formula is C20H26BrN3O2. The summed E-state index contributed by atoms with van der Waals surface area (Å²) in [7, 11) is 4.24. The Bertz CT molecular complexity index is 862. The minimum Gasteiger partial charge on any atom is -0.394 e. The van der Waals surface area contributed by atoms with Crippen molar-refractivity contribution in [1.82, 2.24) is 14.8 Å². The molecule has 1 amide bonds. The monoisotopic (exact) mass is 419 g/mol. The van der Waals surface area contributed by atoms with Gasteiger partial charge in [-0.1, -0.05) is 12.1 Å². The Morgan fingerprint density at radius 3 is 2.92 bits per heavy atom. The number of halogens is 1. The molecule has 1 aromatic heterocycles. The van der Waals surface area contributed by atoms with Gasteiger partial charge < -0.3 is 19.9 Å². The number of fused-ring (bicyclic) bond motifs is 2. The van der Waals surface area contributed by atoms with Crippen LogP contribution in [0.3, 0.4) is 0 Å². The van der Waals surface area contributed by atoms with Crippen LogP contribution < -0.4 is 5.32 Å². The normalized spacial score (nSPS) is 26.6. The van der Waals surface area contributed by atoms with Gasteiger partial charge in [0.2, 0.25) is 5.91 Å². The molecule has 2 aliphatic rings. The molecule has 0 saturated carbocycles. The number of aliphatic hydroxyl groups excluding tert-OH is 1. The number of rotatable bonds is 3. The van der Waals surface area contributed by atoms with E-state index in [9.17, 15) is 9.90 Å². The van der Waals surface area contributed by atoms with E-state index >= 15 is 0 Å². The minimum atomic E-state index is -0.197. The van der Waals surface area contributed by atoms with E-state index in [4.69, 9.17) is 0 Å². The summed E-state index contributed by atoms with van der Waals surface area (Å²) >= 11 is 3.79. The standard InChI is InChI=1S/C20H26BrN3O2/c1-11(10-25)22-20(26)12-7-14-13-5-4-6-16-18(13)15(19(21)24(16)3)8-17(14)23(2)9-12/h4-6,11-12,14,17,25H,7-10H2,1-3H3,(H,22,26)/t11?,12?,14?,17-/m1/s1. The molecule has 1 saturated heterocycles. The lowest BCUT2D eigenvalue weighted by Gasteiger charge is -2.45. The van der Waals surface area contributed by atoms with Crippen molar-refractivity contribution in [1.29, 1.82) is 0 Å². The van der Waals surface area contributed by atoms with Crippen molar-refractivity contribution < 1.29 is 9.90 Å². The van der Waals surface area contributed by atoms with E-state index < -0.39 is 0 Å². The number of benzene rings is 1. The van der Waals surface area contributed by atoms with Gasteiger partial charge in [0.05, 0.1) is 17.1 Å². The average Bonchev–Trinajstić information content (AvgIpc) is 2.88. The summed E-state index contributed by atoms with van der Waals surface area (Å²) < 4.78 is 3.39. The van der Waals surface area contributed by atoms with Crippen LogP contribution in [0.15, 0.2) is 22.8 Å². The van der Waals surface area contributed by atoms with Crippen molar-refractivity contribution in [3.05, 3.63) is 33.9 Å². The van der Waals surface area contributed by atoms with Gasteiger partial charge in [-0.3, -0.25) is 4.79 Å². The summed E-state index contributed by atoms with van der Waals surface area (Å²) in [5.74, 6) is 0.378. The van der Waals surface area contributed by atoms with E-state index in [0.29, 0.717) is 12.0 Å². The van der Waals surface area contributed by atoms with Crippen LogP contribution in [-0.2, 0) is 18.3 Å². The van der Waals surface area contributed by atoms with Gasteiger partial charge in [-0.15, -0.1) is 0 Å². The van der Waals surface area contributed by atoms with Crippen LogP contribution in [0.2, 0.25) is 0 Å². The Morgan fingerprint density at radius 2 is 2.19 bits per heavy atom. The fraction of sp³-hybridized carbons (Fsp3) is 0.550. The lowest BCUT2D eigenvalue weighted by atomic mass is 9.72. The molecular weight excluding hydrogens is 394 g/mol. The zero-order valence-electron chi connectivity index (χ0n) is 15.5. The minimum absolute atomic E-state index is 0.0267. The fourth-order valence-corrected chi connectivity index (χ4v) is 5.39. The number of likely N-dealkylation sites (N-methyl/N-ethyl adjacent to an activating group) is 1. The SMILES string of the molecule is CC(CO)NC(=O)C1CC2c3cccc4c3c(c(Br)n4C)C[C@H]2N(C)C1. The number of aromatic nitrogens is 1.